The van der Waals surface area contributed by atoms with Crippen molar-refractivity contribution < 1.29 is 18.3 Å². The first-order chi connectivity index (χ1) is 10.3. The fraction of sp³-hybridized carbons (Fsp3) is 0.143. The summed E-state index contributed by atoms with van der Waals surface area (Å²) in [6, 6.07) is 4.89. The molecular formula is C14H11F3N4O. The van der Waals surface area contributed by atoms with E-state index in [0.717, 1.165) is 6.07 Å². The molecule has 0 atom stereocenters. The van der Waals surface area contributed by atoms with Gasteiger partial charge >= 0.3 is 6.18 Å². The van der Waals surface area contributed by atoms with Crippen molar-refractivity contribution in [3.05, 3.63) is 35.4 Å². The summed E-state index contributed by atoms with van der Waals surface area (Å²) in [5.41, 5.74) is 6.37. The van der Waals surface area contributed by atoms with Crippen molar-refractivity contribution in [2.24, 2.45) is 0 Å². The molecule has 114 valence electrons. The lowest BCUT2D eigenvalue weighted by atomic mass is 10.0. The number of phenols is 1. The Hall–Kier alpha value is -2.77. The minimum absolute atomic E-state index is 0.188. The van der Waals surface area contributed by atoms with Crippen LogP contribution in [0.3, 0.4) is 0 Å². The SMILES string of the molecule is Cc1cc(C(F)(F)F)cc(O)c1-c1ccc2[nH]c(N)nc2n1. The van der Waals surface area contributed by atoms with E-state index in [2.05, 4.69) is 15.0 Å². The normalized spacial score (nSPS) is 12.0. The Morgan fingerprint density at radius 3 is 2.55 bits per heavy atom. The molecule has 0 aliphatic rings. The van der Waals surface area contributed by atoms with E-state index >= 15 is 0 Å². The van der Waals surface area contributed by atoms with Gasteiger partial charge in [0.05, 0.1) is 16.8 Å². The van der Waals surface area contributed by atoms with Crippen LogP contribution in [-0.2, 0) is 6.18 Å². The number of aromatic nitrogens is 3. The maximum atomic E-state index is 12.7. The minimum Gasteiger partial charge on any atom is -0.507 e. The summed E-state index contributed by atoms with van der Waals surface area (Å²) in [5.74, 6) is -0.296. The first-order valence-electron chi connectivity index (χ1n) is 6.29. The summed E-state index contributed by atoms with van der Waals surface area (Å²) < 4.78 is 38.2. The highest BCUT2D eigenvalue weighted by molar-refractivity contribution is 5.79. The van der Waals surface area contributed by atoms with Crippen molar-refractivity contribution in [2.75, 3.05) is 5.73 Å². The summed E-state index contributed by atoms with van der Waals surface area (Å²) in [6.45, 7) is 1.48. The molecule has 0 unspecified atom stereocenters. The summed E-state index contributed by atoms with van der Waals surface area (Å²) in [7, 11) is 0. The number of nitrogens with one attached hydrogen (secondary N) is 1. The topological polar surface area (TPSA) is 87.8 Å². The van der Waals surface area contributed by atoms with Crippen LogP contribution in [0.5, 0.6) is 5.75 Å². The number of phenolic OH excluding ortho intramolecular Hbond substituents is 1. The van der Waals surface area contributed by atoms with Gasteiger partial charge in [0.1, 0.15) is 5.75 Å². The van der Waals surface area contributed by atoms with Crippen LogP contribution in [-0.4, -0.2) is 20.1 Å². The summed E-state index contributed by atoms with van der Waals surface area (Å²) in [4.78, 5) is 11.0. The average Bonchev–Trinajstić information content (AvgIpc) is 2.76. The number of rotatable bonds is 1. The van der Waals surface area contributed by atoms with Crippen molar-refractivity contribution in [2.45, 2.75) is 13.1 Å². The number of nitrogen functional groups attached to an aromatic ring is 1. The summed E-state index contributed by atoms with van der Waals surface area (Å²) >= 11 is 0. The molecule has 3 rings (SSSR count). The Morgan fingerprint density at radius 1 is 1.18 bits per heavy atom. The second-order valence-electron chi connectivity index (χ2n) is 4.87. The van der Waals surface area contributed by atoms with Gasteiger partial charge in [-0.05, 0) is 36.8 Å². The number of nitrogens with two attached hydrogens (primary N) is 1. The van der Waals surface area contributed by atoms with Gasteiger partial charge in [0, 0.05) is 5.56 Å². The monoisotopic (exact) mass is 308 g/mol. The molecule has 8 heteroatoms. The molecule has 0 saturated heterocycles. The van der Waals surface area contributed by atoms with E-state index < -0.39 is 17.5 Å². The van der Waals surface area contributed by atoms with Crippen molar-refractivity contribution in [1.29, 1.82) is 0 Å². The fourth-order valence-electron chi connectivity index (χ4n) is 2.32. The predicted octanol–water partition coefficient (Wildman–Crippen LogP) is 3.24. The third-order valence-electron chi connectivity index (χ3n) is 3.26. The lowest BCUT2D eigenvalue weighted by molar-refractivity contribution is -0.137. The van der Waals surface area contributed by atoms with Gasteiger partial charge < -0.3 is 15.8 Å². The predicted molar refractivity (Wildman–Crippen MR) is 75.1 cm³/mol. The fourth-order valence-corrected chi connectivity index (χ4v) is 2.32. The lowest BCUT2D eigenvalue weighted by Gasteiger charge is -2.13. The first kappa shape index (κ1) is 14.2. The average molecular weight is 308 g/mol. The quantitative estimate of drug-likeness (QED) is 0.644. The van der Waals surface area contributed by atoms with Gasteiger partial charge in [-0.1, -0.05) is 0 Å². The molecular weight excluding hydrogens is 297 g/mol. The van der Waals surface area contributed by atoms with Gasteiger partial charge in [0.2, 0.25) is 0 Å². The van der Waals surface area contributed by atoms with E-state index in [0.29, 0.717) is 22.9 Å². The second kappa shape index (κ2) is 4.62. The number of aryl methyl sites for hydroxylation is 1. The van der Waals surface area contributed by atoms with Crippen LogP contribution in [0.4, 0.5) is 19.1 Å². The molecule has 3 aromatic rings. The second-order valence-corrected chi connectivity index (χ2v) is 4.87. The van der Waals surface area contributed by atoms with Gasteiger partial charge in [-0.2, -0.15) is 18.2 Å². The molecule has 2 heterocycles. The highest BCUT2D eigenvalue weighted by Crippen LogP contribution is 2.38. The van der Waals surface area contributed by atoms with Crippen molar-refractivity contribution >= 4 is 17.1 Å². The Kier molecular flexibility index (Phi) is 2.98. The number of H-pyrrole nitrogens is 1. The number of hydrogen-bond donors (Lipinski definition) is 3. The molecule has 0 fully saturated rings. The molecule has 1 aromatic carbocycles. The summed E-state index contributed by atoms with van der Waals surface area (Å²) in [5, 5.41) is 9.97. The lowest BCUT2D eigenvalue weighted by Crippen LogP contribution is -2.05. The van der Waals surface area contributed by atoms with Gasteiger partial charge in [0.25, 0.3) is 0 Å². The van der Waals surface area contributed by atoms with E-state index in [4.69, 9.17) is 5.73 Å². The number of halogens is 3. The smallest absolute Gasteiger partial charge is 0.416 e. The number of fused-ring (bicyclic) bond motifs is 1. The van der Waals surface area contributed by atoms with Crippen LogP contribution in [0, 0.1) is 6.92 Å². The van der Waals surface area contributed by atoms with Crippen LogP contribution >= 0.6 is 0 Å². The van der Waals surface area contributed by atoms with Crippen molar-refractivity contribution in [1.82, 2.24) is 15.0 Å². The van der Waals surface area contributed by atoms with Gasteiger partial charge in [-0.25, -0.2) is 4.98 Å². The number of benzene rings is 1. The van der Waals surface area contributed by atoms with E-state index in [1.807, 2.05) is 0 Å². The molecule has 0 radical (unpaired) electrons. The maximum Gasteiger partial charge on any atom is 0.416 e. The zero-order valence-electron chi connectivity index (χ0n) is 11.4. The Bertz CT molecular complexity index is 847. The van der Waals surface area contributed by atoms with E-state index in [1.54, 1.807) is 12.1 Å². The van der Waals surface area contributed by atoms with Crippen molar-refractivity contribution in [3.8, 4) is 17.0 Å². The number of hydrogen-bond acceptors (Lipinski definition) is 4. The molecule has 0 aliphatic heterocycles. The minimum atomic E-state index is -4.52. The third-order valence-corrected chi connectivity index (χ3v) is 3.26. The number of anilines is 1. The van der Waals surface area contributed by atoms with Crippen LogP contribution in [0.1, 0.15) is 11.1 Å². The first-order valence-corrected chi connectivity index (χ1v) is 6.29. The molecule has 0 amide bonds. The van der Waals surface area contributed by atoms with Crippen LogP contribution in [0.15, 0.2) is 24.3 Å². The Morgan fingerprint density at radius 2 is 1.91 bits per heavy atom. The van der Waals surface area contributed by atoms with Crippen molar-refractivity contribution in [3.63, 3.8) is 0 Å². The largest absolute Gasteiger partial charge is 0.507 e. The highest BCUT2D eigenvalue weighted by atomic mass is 19.4. The van der Waals surface area contributed by atoms with Crippen LogP contribution < -0.4 is 5.73 Å². The van der Waals surface area contributed by atoms with Gasteiger partial charge in [-0.15, -0.1) is 0 Å². The molecule has 22 heavy (non-hydrogen) atoms. The maximum absolute atomic E-state index is 12.7. The molecule has 0 aliphatic carbocycles. The highest BCUT2D eigenvalue weighted by Gasteiger charge is 2.32. The van der Waals surface area contributed by atoms with E-state index in [9.17, 15) is 18.3 Å². The standard InChI is InChI=1S/C14H11F3N4O/c1-6-4-7(14(15,16)17)5-10(22)11(6)8-2-3-9-12(19-8)21-13(18)20-9/h2-5,22H,1H3,(H3,18,19,20,21). The van der Waals surface area contributed by atoms with E-state index in [-0.39, 0.29) is 17.1 Å². The number of alkyl halides is 3. The Labute approximate surface area is 122 Å². The molecule has 0 spiro atoms. The number of nitrogens with zero attached hydrogens (tertiary/aromatic N) is 2. The Balaban J connectivity index is 2.17. The molecule has 4 N–H and O–H groups in total. The van der Waals surface area contributed by atoms with Crippen LogP contribution in [0.25, 0.3) is 22.4 Å². The number of pyridine rings is 1. The van der Waals surface area contributed by atoms with Gasteiger partial charge in [-0.3, -0.25) is 0 Å². The number of aromatic hydroxyl groups is 1. The number of imidazole rings is 1. The molecule has 0 bridgehead atoms. The molecule has 2 aromatic heterocycles. The third kappa shape index (κ3) is 2.32. The molecule has 5 nitrogen and oxygen atoms in total. The van der Waals surface area contributed by atoms with Crippen LogP contribution in [0.2, 0.25) is 0 Å². The van der Waals surface area contributed by atoms with E-state index in [1.165, 1.54) is 6.92 Å². The van der Waals surface area contributed by atoms with Gasteiger partial charge in [0.15, 0.2) is 11.6 Å². The molecule has 0 saturated carbocycles. The zero-order chi connectivity index (χ0) is 16.1. The summed E-state index contributed by atoms with van der Waals surface area (Å²) in [6.07, 6.45) is -4.52. The number of aromatic amines is 1. The zero-order valence-corrected chi connectivity index (χ0v) is 11.4.